The minimum absolute atomic E-state index is 0. The second-order valence-electron chi connectivity index (χ2n) is 18.8. The fraction of sp³-hybridized carbons (Fsp3) is 0.314. The van der Waals surface area contributed by atoms with E-state index in [-0.39, 0.29) is 47.6 Å². The molecule has 296 valence electrons. The number of anilines is 3. The molecule has 0 bridgehead atoms. The summed E-state index contributed by atoms with van der Waals surface area (Å²) in [7, 11) is 0. The van der Waals surface area contributed by atoms with Gasteiger partial charge in [0, 0.05) is 34.6 Å². The van der Waals surface area contributed by atoms with Crippen LogP contribution in [0.2, 0.25) is 0 Å². The molecular weight excluding hydrogens is 912 g/mol. The van der Waals surface area contributed by atoms with Gasteiger partial charge >= 0.3 is 21.1 Å². The molecule has 0 saturated carbocycles. The number of fused-ring (bicyclic) bond motifs is 5. The molecule has 1 aliphatic carbocycles. The maximum absolute atomic E-state index is 6.83. The summed E-state index contributed by atoms with van der Waals surface area (Å²) >= 11 is 1.85. The van der Waals surface area contributed by atoms with Gasteiger partial charge in [-0.3, -0.25) is 4.98 Å². The number of rotatable bonds is 5. The smallest absolute Gasteiger partial charge is 0.503 e. The molecule has 5 nitrogen and oxygen atoms in total. The van der Waals surface area contributed by atoms with Crippen LogP contribution < -0.4 is 9.64 Å². The second-order valence-corrected chi connectivity index (χ2v) is 20.2. The Labute approximate surface area is 363 Å². The fourth-order valence-electron chi connectivity index (χ4n) is 9.02. The van der Waals surface area contributed by atoms with Gasteiger partial charge in [0.2, 0.25) is 0 Å². The number of aromatic nitrogens is 2. The Balaban J connectivity index is 0.00000469. The Morgan fingerprint density at radius 3 is 2.21 bits per heavy atom. The normalized spacial score (nSPS) is 20.3. The second kappa shape index (κ2) is 14.1. The van der Waals surface area contributed by atoms with Crippen molar-refractivity contribution in [2.24, 2.45) is 4.99 Å². The zero-order chi connectivity index (χ0) is 40.1. The van der Waals surface area contributed by atoms with Crippen LogP contribution in [-0.2, 0) is 48.5 Å². The Bertz CT molecular complexity index is 2600. The van der Waals surface area contributed by atoms with Crippen molar-refractivity contribution in [3.05, 3.63) is 161 Å². The summed E-state index contributed by atoms with van der Waals surface area (Å²) < 4.78 is 6.61. The average Bonchev–Trinajstić information content (AvgIpc) is 3.56. The van der Waals surface area contributed by atoms with Gasteiger partial charge in [-0.05, 0) is 94.7 Å². The van der Waals surface area contributed by atoms with Gasteiger partial charge in [0.05, 0.1) is 16.0 Å². The SMILES string of the molecule is CC(C)(C)c1ccnc(N2c3[c-]c(Oc4[c-]c(C5=N[C@]6(C)Cc7c(C(C)(C)C)cccc7[C@]6(C)S5)cc(-c5ccccn5)c4)ccc3C(C)(C)c3ccccc32)c1.[Pt+2]. The van der Waals surface area contributed by atoms with Crippen molar-refractivity contribution in [2.75, 3.05) is 4.90 Å². The zero-order valence-corrected chi connectivity index (χ0v) is 38.1. The molecule has 2 aliphatic heterocycles. The van der Waals surface area contributed by atoms with Crippen molar-refractivity contribution < 1.29 is 25.8 Å². The van der Waals surface area contributed by atoms with Gasteiger partial charge < -0.3 is 14.6 Å². The number of benzene rings is 4. The van der Waals surface area contributed by atoms with Crippen LogP contribution in [0.4, 0.5) is 17.2 Å². The van der Waals surface area contributed by atoms with Crippen molar-refractivity contribution in [3.8, 4) is 22.8 Å². The van der Waals surface area contributed by atoms with Crippen LogP contribution in [0.3, 0.4) is 0 Å². The Kier molecular flexibility index (Phi) is 9.76. The molecule has 0 N–H and O–H groups in total. The molecular formula is C51H50N4OPtS. The Morgan fingerprint density at radius 2 is 1.47 bits per heavy atom. The molecule has 0 fully saturated rings. The summed E-state index contributed by atoms with van der Waals surface area (Å²) in [5, 5.41) is 0.971. The van der Waals surface area contributed by atoms with Crippen molar-refractivity contribution in [1.82, 2.24) is 9.97 Å². The van der Waals surface area contributed by atoms with Crippen molar-refractivity contribution in [2.45, 2.75) is 102 Å². The summed E-state index contributed by atoms with van der Waals surface area (Å²) in [6, 6.07) is 41.6. The van der Waals surface area contributed by atoms with Gasteiger partial charge in [0.15, 0.2) is 0 Å². The van der Waals surface area contributed by atoms with Crippen LogP contribution in [-0.4, -0.2) is 20.6 Å². The van der Waals surface area contributed by atoms with E-state index in [1.807, 2.05) is 54.5 Å². The monoisotopic (exact) mass is 961 g/mol. The first-order valence-electron chi connectivity index (χ1n) is 20.0. The van der Waals surface area contributed by atoms with Crippen LogP contribution >= 0.6 is 11.8 Å². The first kappa shape index (κ1) is 40.3. The van der Waals surface area contributed by atoms with Crippen LogP contribution in [0, 0.1) is 12.1 Å². The topological polar surface area (TPSA) is 50.6 Å². The maximum Gasteiger partial charge on any atom is 2.00 e. The van der Waals surface area contributed by atoms with E-state index in [4.69, 9.17) is 19.7 Å². The Hall–Kier alpha value is -4.51. The van der Waals surface area contributed by atoms with E-state index in [1.165, 1.54) is 27.8 Å². The fourth-order valence-corrected chi connectivity index (χ4v) is 10.5. The molecule has 7 heteroatoms. The van der Waals surface area contributed by atoms with E-state index in [9.17, 15) is 0 Å². The van der Waals surface area contributed by atoms with Crippen molar-refractivity contribution in [3.63, 3.8) is 0 Å². The van der Waals surface area contributed by atoms with Gasteiger partial charge in [0.1, 0.15) is 5.82 Å². The molecule has 6 aromatic rings. The summed E-state index contributed by atoms with van der Waals surface area (Å²) in [6.07, 6.45) is 4.65. The van der Waals surface area contributed by atoms with E-state index >= 15 is 0 Å². The molecule has 4 aromatic carbocycles. The van der Waals surface area contributed by atoms with Gasteiger partial charge in [-0.15, -0.1) is 41.1 Å². The maximum atomic E-state index is 6.83. The first-order chi connectivity index (χ1) is 27.0. The number of hydrogen-bond donors (Lipinski definition) is 0. The van der Waals surface area contributed by atoms with E-state index in [2.05, 4.69) is 153 Å². The van der Waals surface area contributed by atoms with Crippen LogP contribution in [0.1, 0.15) is 108 Å². The van der Waals surface area contributed by atoms with Crippen molar-refractivity contribution >= 4 is 34.0 Å². The molecule has 2 aromatic heterocycles. The number of para-hydroxylation sites is 1. The first-order valence-corrected chi connectivity index (χ1v) is 20.8. The summed E-state index contributed by atoms with van der Waals surface area (Å²) in [6.45, 7) is 22.9. The standard InChI is InChI=1S/C51H50N4OS.Pt/c1-47(2,3)34-23-25-53-45(29-34)55-43-20-12-11-16-40(43)49(7,8)41-22-21-35(30-44(41)55)56-36-27-32(42-19-13-14-24-52-42)26-33(28-36)46-54-50(9)31-37-38(48(4,5)6)17-15-18-39(37)51(50,10)57-46;/h11-27,29H,31H2,1-10H3;/q-2;+2/t50-,51+;/m1./s1. The van der Waals surface area contributed by atoms with Crippen molar-refractivity contribution in [1.29, 1.82) is 0 Å². The number of pyridine rings is 2. The summed E-state index contributed by atoms with van der Waals surface area (Å²) in [5.74, 6) is 2.04. The molecule has 58 heavy (non-hydrogen) atoms. The molecule has 2 atom stereocenters. The quantitative estimate of drug-likeness (QED) is 0.161. The average molecular weight is 962 g/mol. The summed E-state index contributed by atoms with van der Waals surface area (Å²) in [5.41, 5.74) is 12.0. The van der Waals surface area contributed by atoms with Gasteiger partial charge in [-0.1, -0.05) is 121 Å². The molecule has 3 aliphatic rings. The van der Waals surface area contributed by atoms with Gasteiger partial charge in [-0.2, -0.15) is 6.07 Å². The third kappa shape index (κ3) is 6.56. The predicted octanol–water partition coefficient (Wildman–Crippen LogP) is 13.0. The number of ether oxygens (including phenoxy) is 1. The molecule has 4 heterocycles. The number of thioether (sulfide) groups is 1. The van der Waals surface area contributed by atoms with Crippen LogP contribution in [0.15, 0.2) is 114 Å². The van der Waals surface area contributed by atoms with Crippen LogP contribution in [0.25, 0.3) is 11.3 Å². The molecule has 0 unspecified atom stereocenters. The molecule has 0 spiro atoms. The zero-order valence-electron chi connectivity index (χ0n) is 35.0. The number of nitrogens with zero attached hydrogens (tertiary/aromatic N) is 4. The van der Waals surface area contributed by atoms with E-state index in [0.717, 1.165) is 51.0 Å². The van der Waals surface area contributed by atoms with E-state index < -0.39 is 0 Å². The number of hydrogen-bond acceptors (Lipinski definition) is 6. The van der Waals surface area contributed by atoms with Gasteiger partial charge in [-0.25, -0.2) is 4.98 Å². The summed E-state index contributed by atoms with van der Waals surface area (Å²) in [4.78, 5) is 17.5. The third-order valence-corrected chi connectivity index (χ3v) is 14.0. The molecule has 0 radical (unpaired) electrons. The van der Waals surface area contributed by atoms with Gasteiger partial charge in [0.25, 0.3) is 0 Å². The minimum atomic E-state index is -0.302. The minimum Gasteiger partial charge on any atom is -0.503 e. The molecule has 9 rings (SSSR count). The largest absolute Gasteiger partial charge is 2.00 e. The Morgan fingerprint density at radius 1 is 0.707 bits per heavy atom. The third-order valence-electron chi connectivity index (χ3n) is 12.4. The predicted molar refractivity (Wildman–Crippen MR) is 236 cm³/mol. The molecule has 0 amide bonds. The van der Waals surface area contributed by atoms with E-state index in [1.54, 1.807) is 0 Å². The molecule has 0 saturated heterocycles. The number of aliphatic imine (C=N–C) groups is 1. The van der Waals surface area contributed by atoms with E-state index in [0.29, 0.717) is 11.5 Å². The van der Waals surface area contributed by atoms with Crippen LogP contribution in [0.5, 0.6) is 11.5 Å².